The van der Waals surface area contributed by atoms with E-state index in [1.165, 1.54) is 18.7 Å². The van der Waals surface area contributed by atoms with Crippen LogP contribution in [0.2, 0.25) is 0 Å². The average molecular weight is 287 g/mol. The van der Waals surface area contributed by atoms with Gasteiger partial charge in [0.2, 0.25) is 11.8 Å². The van der Waals surface area contributed by atoms with Crippen molar-refractivity contribution >= 4 is 17.8 Å². The average Bonchev–Trinajstić information content (AvgIpc) is 2.85. The molecule has 8 heteroatoms. The van der Waals surface area contributed by atoms with Crippen LogP contribution in [0.1, 0.15) is 26.7 Å². The van der Waals surface area contributed by atoms with Gasteiger partial charge in [0.1, 0.15) is 18.1 Å². The first kappa shape index (κ1) is 16.4. The minimum absolute atomic E-state index is 0.374. The quantitative estimate of drug-likeness (QED) is 0.475. The molecule has 1 saturated heterocycles. The smallest absolute Gasteiger partial charge is 0.325 e. The summed E-state index contributed by atoms with van der Waals surface area (Å²) in [7, 11) is 0. The lowest BCUT2D eigenvalue weighted by atomic mass is 10.1. The number of carboxylic acids is 1. The standard InChI is InChI=1S/C12H21N3O5/c1-6(12(19)20)14-10(17)8-4-3-5-15(8)11(18)9(13)7(2)16/h6-9,16H,3-5,13H2,1-2H3,(H,14,17)(H,19,20). The van der Waals surface area contributed by atoms with E-state index in [9.17, 15) is 19.5 Å². The van der Waals surface area contributed by atoms with Crippen LogP contribution in [0, 0.1) is 0 Å². The van der Waals surface area contributed by atoms with Gasteiger partial charge in [0, 0.05) is 6.54 Å². The van der Waals surface area contributed by atoms with Crippen LogP contribution in [0.4, 0.5) is 0 Å². The first-order chi connectivity index (χ1) is 9.25. The minimum atomic E-state index is -1.14. The third-order valence-corrected chi connectivity index (χ3v) is 3.37. The Kier molecular flexibility index (Phi) is 5.46. The zero-order chi connectivity index (χ0) is 15.4. The predicted octanol–water partition coefficient (Wildman–Crippen LogP) is -1.73. The van der Waals surface area contributed by atoms with E-state index in [2.05, 4.69) is 5.32 Å². The number of nitrogens with one attached hydrogen (secondary N) is 1. The van der Waals surface area contributed by atoms with Gasteiger partial charge in [-0.2, -0.15) is 0 Å². The number of rotatable bonds is 5. The molecule has 0 saturated carbocycles. The number of aliphatic hydroxyl groups excluding tert-OH is 1. The summed E-state index contributed by atoms with van der Waals surface area (Å²) < 4.78 is 0. The lowest BCUT2D eigenvalue weighted by molar-refractivity contribution is -0.144. The number of aliphatic carboxylic acids is 1. The van der Waals surface area contributed by atoms with Crippen LogP contribution in [0.25, 0.3) is 0 Å². The van der Waals surface area contributed by atoms with Gasteiger partial charge in [-0.1, -0.05) is 0 Å². The van der Waals surface area contributed by atoms with Gasteiger partial charge < -0.3 is 26.2 Å². The fraction of sp³-hybridized carbons (Fsp3) is 0.750. The molecule has 1 fully saturated rings. The Bertz CT molecular complexity index is 399. The molecule has 0 aromatic carbocycles. The van der Waals surface area contributed by atoms with E-state index < -0.39 is 42.0 Å². The SMILES string of the molecule is CC(NC(=O)C1CCCN1C(=O)C(N)C(C)O)C(=O)O. The zero-order valence-electron chi connectivity index (χ0n) is 11.6. The van der Waals surface area contributed by atoms with Gasteiger partial charge in [0.25, 0.3) is 0 Å². The van der Waals surface area contributed by atoms with Gasteiger partial charge in [0.15, 0.2) is 0 Å². The monoisotopic (exact) mass is 287 g/mol. The number of aliphatic hydroxyl groups is 1. The van der Waals surface area contributed by atoms with Crippen molar-refractivity contribution in [2.24, 2.45) is 5.73 Å². The van der Waals surface area contributed by atoms with Gasteiger partial charge in [-0.25, -0.2) is 0 Å². The van der Waals surface area contributed by atoms with Crippen molar-refractivity contribution in [3.8, 4) is 0 Å². The number of carbonyl (C=O) groups is 3. The number of nitrogens with zero attached hydrogens (tertiary/aromatic N) is 1. The highest BCUT2D eigenvalue weighted by atomic mass is 16.4. The topological polar surface area (TPSA) is 133 Å². The number of nitrogens with two attached hydrogens (primary N) is 1. The summed E-state index contributed by atoms with van der Waals surface area (Å²) in [6, 6.07) is -2.83. The second kappa shape index (κ2) is 6.67. The Morgan fingerprint density at radius 2 is 1.95 bits per heavy atom. The second-order valence-corrected chi connectivity index (χ2v) is 5.02. The van der Waals surface area contributed by atoms with E-state index in [-0.39, 0.29) is 0 Å². The van der Waals surface area contributed by atoms with Crippen molar-refractivity contribution in [1.29, 1.82) is 0 Å². The number of carbonyl (C=O) groups excluding carboxylic acids is 2. The molecule has 1 aliphatic heterocycles. The molecule has 4 atom stereocenters. The van der Waals surface area contributed by atoms with E-state index in [4.69, 9.17) is 10.8 Å². The number of carboxylic acid groups (broad SMARTS) is 1. The molecular formula is C12H21N3O5. The highest BCUT2D eigenvalue weighted by molar-refractivity contribution is 5.92. The molecule has 0 aromatic rings. The first-order valence-corrected chi connectivity index (χ1v) is 6.53. The number of likely N-dealkylation sites (tertiary alicyclic amines) is 1. The van der Waals surface area contributed by atoms with Crippen LogP contribution in [-0.4, -0.2) is 63.7 Å². The van der Waals surface area contributed by atoms with E-state index in [0.29, 0.717) is 19.4 Å². The van der Waals surface area contributed by atoms with E-state index >= 15 is 0 Å². The maximum absolute atomic E-state index is 12.1. The molecule has 0 aliphatic carbocycles. The molecule has 20 heavy (non-hydrogen) atoms. The summed E-state index contributed by atoms with van der Waals surface area (Å²) in [5.74, 6) is -2.15. The summed E-state index contributed by atoms with van der Waals surface area (Å²) >= 11 is 0. The molecule has 8 nitrogen and oxygen atoms in total. The normalized spacial score (nSPS) is 23.0. The highest BCUT2D eigenvalue weighted by Crippen LogP contribution is 2.19. The molecular weight excluding hydrogens is 266 g/mol. The van der Waals surface area contributed by atoms with Gasteiger partial charge in [-0.15, -0.1) is 0 Å². The van der Waals surface area contributed by atoms with Gasteiger partial charge >= 0.3 is 5.97 Å². The third kappa shape index (κ3) is 3.67. The summed E-state index contributed by atoms with van der Waals surface area (Å²) in [6.45, 7) is 3.13. The highest BCUT2D eigenvalue weighted by Gasteiger charge is 2.37. The van der Waals surface area contributed by atoms with Crippen LogP contribution in [0.3, 0.4) is 0 Å². The van der Waals surface area contributed by atoms with Crippen molar-refractivity contribution in [3.63, 3.8) is 0 Å². The minimum Gasteiger partial charge on any atom is -0.480 e. The summed E-state index contributed by atoms with van der Waals surface area (Å²) in [6.07, 6.45) is 0.0820. The Morgan fingerprint density at radius 1 is 1.35 bits per heavy atom. The molecule has 1 aliphatic rings. The van der Waals surface area contributed by atoms with Gasteiger partial charge in [-0.3, -0.25) is 14.4 Å². The predicted molar refractivity (Wildman–Crippen MR) is 69.6 cm³/mol. The number of hydrogen-bond acceptors (Lipinski definition) is 5. The largest absolute Gasteiger partial charge is 0.480 e. The molecule has 114 valence electrons. The lowest BCUT2D eigenvalue weighted by Gasteiger charge is -2.28. The first-order valence-electron chi connectivity index (χ1n) is 6.53. The summed E-state index contributed by atoms with van der Waals surface area (Å²) in [5.41, 5.74) is 5.58. The maximum Gasteiger partial charge on any atom is 0.325 e. The molecule has 0 aromatic heterocycles. The Morgan fingerprint density at radius 3 is 2.45 bits per heavy atom. The van der Waals surface area contributed by atoms with Crippen molar-refractivity contribution in [2.75, 3.05) is 6.54 Å². The Hall–Kier alpha value is -1.67. The van der Waals surface area contributed by atoms with E-state index in [1.54, 1.807) is 0 Å². The number of hydrogen-bond donors (Lipinski definition) is 4. The Labute approximate surface area is 116 Å². The summed E-state index contributed by atoms with van der Waals surface area (Å²) in [5, 5.41) is 20.4. The molecule has 5 N–H and O–H groups in total. The van der Waals surface area contributed by atoms with Crippen molar-refractivity contribution < 1.29 is 24.6 Å². The second-order valence-electron chi connectivity index (χ2n) is 5.02. The van der Waals surface area contributed by atoms with Crippen LogP contribution >= 0.6 is 0 Å². The summed E-state index contributed by atoms with van der Waals surface area (Å²) in [4.78, 5) is 36.1. The molecule has 1 heterocycles. The molecule has 0 bridgehead atoms. The fourth-order valence-electron chi connectivity index (χ4n) is 2.07. The van der Waals surface area contributed by atoms with Crippen LogP contribution < -0.4 is 11.1 Å². The third-order valence-electron chi connectivity index (χ3n) is 3.37. The van der Waals surface area contributed by atoms with Crippen molar-refractivity contribution in [2.45, 2.75) is 50.9 Å². The van der Waals surface area contributed by atoms with Crippen LogP contribution in [0.5, 0.6) is 0 Å². The molecule has 1 rings (SSSR count). The van der Waals surface area contributed by atoms with Crippen molar-refractivity contribution in [3.05, 3.63) is 0 Å². The maximum atomic E-state index is 12.1. The molecule has 0 radical (unpaired) electrons. The van der Waals surface area contributed by atoms with E-state index in [1.807, 2.05) is 0 Å². The zero-order valence-corrected chi connectivity index (χ0v) is 11.6. The van der Waals surface area contributed by atoms with Crippen LogP contribution in [0.15, 0.2) is 0 Å². The molecule has 0 spiro atoms. The van der Waals surface area contributed by atoms with Crippen LogP contribution in [-0.2, 0) is 14.4 Å². The fourth-order valence-corrected chi connectivity index (χ4v) is 2.07. The molecule has 4 unspecified atom stereocenters. The Balaban J connectivity index is 2.72. The number of amides is 2. The molecule has 2 amide bonds. The van der Waals surface area contributed by atoms with Crippen molar-refractivity contribution in [1.82, 2.24) is 10.2 Å². The van der Waals surface area contributed by atoms with E-state index in [0.717, 1.165) is 0 Å². The van der Waals surface area contributed by atoms with Gasteiger partial charge in [0.05, 0.1) is 6.10 Å². The van der Waals surface area contributed by atoms with Gasteiger partial charge in [-0.05, 0) is 26.7 Å². The lowest BCUT2D eigenvalue weighted by Crippen LogP contribution is -2.55.